The minimum absolute atomic E-state index is 0.564. The summed E-state index contributed by atoms with van der Waals surface area (Å²) in [4.78, 5) is 4.95. The molecule has 196 valence electrons. The normalized spacial score (nSPS) is 11.9. The Hall–Kier alpha value is -3.43. The van der Waals surface area contributed by atoms with Crippen molar-refractivity contribution in [1.82, 2.24) is 35.4 Å². The summed E-state index contributed by atoms with van der Waals surface area (Å²) in [6, 6.07) is 16.6. The van der Waals surface area contributed by atoms with Crippen LogP contribution in [0.3, 0.4) is 0 Å². The number of methoxy groups -OCH3 is 2. The van der Waals surface area contributed by atoms with Crippen LogP contribution in [0.5, 0.6) is 0 Å². The van der Waals surface area contributed by atoms with Crippen LogP contribution >= 0.6 is 0 Å². The lowest BCUT2D eigenvalue weighted by Gasteiger charge is -2.27. The second-order valence-electron chi connectivity index (χ2n) is 9.69. The monoisotopic (exact) mass is 503 g/mol. The summed E-state index contributed by atoms with van der Waals surface area (Å²) in [5.41, 5.74) is 4.27. The first-order valence-electron chi connectivity index (χ1n) is 13.0. The first-order valence-corrected chi connectivity index (χ1v) is 13.0. The summed E-state index contributed by atoms with van der Waals surface area (Å²) in [5.74, 6) is 1.78. The van der Waals surface area contributed by atoms with Crippen LogP contribution in [0.1, 0.15) is 63.7 Å². The molecule has 0 fully saturated rings. The first kappa shape index (κ1) is 26.6. The highest BCUT2D eigenvalue weighted by atomic mass is 16.7. The van der Waals surface area contributed by atoms with Crippen molar-refractivity contribution in [2.45, 2.75) is 65.2 Å². The number of nitrogens with one attached hydrogen (secondary N) is 1. The largest absolute Gasteiger partial charge is 0.347 e. The molecule has 9 nitrogen and oxygen atoms in total. The van der Waals surface area contributed by atoms with E-state index < -0.39 is 5.79 Å². The average molecular weight is 504 g/mol. The summed E-state index contributed by atoms with van der Waals surface area (Å²) in [6.07, 6.45) is 4.39. The molecule has 0 unspecified atom stereocenters. The summed E-state index contributed by atoms with van der Waals surface area (Å²) in [5, 5.41) is 19.3. The molecular weight excluding hydrogens is 466 g/mol. The zero-order chi connectivity index (χ0) is 26.3. The van der Waals surface area contributed by atoms with E-state index in [-0.39, 0.29) is 0 Å². The van der Waals surface area contributed by atoms with Gasteiger partial charge in [-0.2, -0.15) is 5.10 Å². The predicted octanol–water partition coefficient (Wildman–Crippen LogP) is 5.40. The first-order chi connectivity index (χ1) is 18.0. The Bertz CT molecular complexity index is 1250. The number of tetrazole rings is 1. The Morgan fingerprint density at radius 3 is 2.35 bits per heavy atom. The number of hydrogen-bond donors (Lipinski definition) is 1. The van der Waals surface area contributed by atoms with Gasteiger partial charge in [0, 0.05) is 39.2 Å². The Kier molecular flexibility index (Phi) is 8.78. The van der Waals surface area contributed by atoms with Crippen molar-refractivity contribution in [2.75, 3.05) is 14.2 Å². The molecule has 0 saturated carbocycles. The van der Waals surface area contributed by atoms with Gasteiger partial charge in [-0.05, 0) is 45.9 Å². The van der Waals surface area contributed by atoms with Crippen LogP contribution in [0.25, 0.3) is 22.5 Å². The maximum absolute atomic E-state index is 5.85. The molecule has 2 heterocycles. The van der Waals surface area contributed by atoms with Crippen LogP contribution in [-0.4, -0.2) is 49.6 Å². The number of benzene rings is 2. The molecule has 0 amide bonds. The highest BCUT2D eigenvalue weighted by molar-refractivity contribution is 5.80. The number of aromatic amines is 1. The molecule has 0 aliphatic carbocycles. The fraction of sp³-hybridized carbons (Fsp3) is 0.464. The van der Waals surface area contributed by atoms with Gasteiger partial charge in [0.2, 0.25) is 11.6 Å². The lowest BCUT2D eigenvalue weighted by molar-refractivity contribution is -0.226. The topological polar surface area (TPSA) is 104 Å². The molecule has 4 aromatic rings. The molecule has 37 heavy (non-hydrogen) atoms. The van der Waals surface area contributed by atoms with Crippen molar-refractivity contribution >= 4 is 0 Å². The summed E-state index contributed by atoms with van der Waals surface area (Å²) in [7, 11) is 3.33. The van der Waals surface area contributed by atoms with E-state index >= 15 is 0 Å². The van der Waals surface area contributed by atoms with Crippen molar-refractivity contribution in [3.63, 3.8) is 0 Å². The molecule has 0 spiro atoms. The molecule has 0 radical (unpaired) electrons. The smallest absolute Gasteiger partial charge is 0.231 e. The van der Waals surface area contributed by atoms with Crippen molar-refractivity contribution < 1.29 is 9.47 Å². The van der Waals surface area contributed by atoms with Crippen LogP contribution in [0.15, 0.2) is 48.5 Å². The third-order valence-electron chi connectivity index (χ3n) is 6.68. The summed E-state index contributed by atoms with van der Waals surface area (Å²) in [6.45, 7) is 7.39. The van der Waals surface area contributed by atoms with Crippen molar-refractivity contribution in [3.05, 3.63) is 65.7 Å². The van der Waals surface area contributed by atoms with Gasteiger partial charge in [-0.15, -0.1) is 5.10 Å². The highest BCUT2D eigenvalue weighted by Crippen LogP contribution is 2.32. The molecule has 0 saturated heterocycles. The number of rotatable bonds is 13. The van der Waals surface area contributed by atoms with Gasteiger partial charge in [-0.3, -0.25) is 0 Å². The number of H-pyrrole nitrogens is 1. The van der Waals surface area contributed by atoms with Crippen LogP contribution in [0.4, 0.5) is 0 Å². The summed E-state index contributed by atoms with van der Waals surface area (Å²) < 4.78 is 13.7. The van der Waals surface area contributed by atoms with Gasteiger partial charge in [0.1, 0.15) is 5.82 Å². The van der Waals surface area contributed by atoms with E-state index in [0.717, 1.165) is 53.9 Å². The molecule has 9 heteroatoms. The van der Waals surface area contributed by atoms with E-state index in [1.807, 2.05) is 22.9 Å². The Morgan fingerprint density at radius 1 is 1.00 bits per heavy atom. The molecular formula is C28H37N7O2. The molecule has 2 aromatic carbocycles. The molecule has 2 aromatic heterocycles. The standard InChI is InChI=1S/C28H37N7O2/c1-6-7-17-28(36-4,37-5)27-29-25(35(32-27)18-16-20(2)3)19-21-12-14-22(15-13-21)23-10-8-9-11-24(23)26-30-33-34-31-26/h8-15,20H,6-7,16-19H2,1-5H3,(H,30,31,33,34). The van der Waals surface area contributed by atoms with Gasteiger partial charge in [0.15, 0.2) is 5.82 Å². The van der Waals surface area contributed by atoms with Crippen LogP contribution in [0.2, 0.25) is 0 Å². The Morgan fingerprint density at radius 2 is 1.73 bits per heavy atom. The highest BCUT2D eigenvalue weighted by Gasteiger charge is 2.37. The zero-order valence-corrected chi connectivity index (χ0v) is 22.4. The third-order valence-corrected chi connectivity index (χ3v) is 6.68. The Labute approximate surface area is 218 Å². The molecule has 0 atom stereocenters. The van der Waals surface area contributed by atoms with E-state index in [1.54, 1.807) is 14.2 Å². The predicted molar refractivity (Wildman–Crippen MR) is 143 cm³/mol. The van der Waals surface area contributed by atoms with E-state index in [4.69, 9.17) is 19.6 Å². The molecule has 0 aliphatic rings. The maximum atomic E-state index is 5.85. The number of unbranched alkanes of at least 4 members (excludes halogenated alkanes) is 1. The van der Waals surface area contributed by atoms with Crippen molar-refractivity contribution in [3.8, 4) is 22.5 Å². The number of hydrogen-bond acceptors (Lipinski definition) is 7. The minimum atomic E-state index is -0.934. The second kappa shape index (κ2) is 12.2. The van der Waals surface area contributed by atoms with Crippen LogP contribution in [0, 0.1) is 5.92 Å². The van der Waals surface area contributed by atoms with E-state index in [0.29, 0.717) is 30.4 Å². The quantitative estimate of drug-likeness (QED) is 0.244. The number of ether oxygens (including phenoxy) is 2. The second-order valence-corrected chi connectivity index (χ2v) is 9.69. The number of aromatic nitrogens is 7. The third kappa shape index (κ3) is 6.11. The number of aryl methyl sites for hydroxylation is 1. The van der Waals surface area contributed by atoms with Gasteiger partial charge in [0.05, 0.1) is 0 Å². The summed E-state index contributed by atoms with van der Waals surface area (Å²) >= 11 is 0. The molecule has 0 aliphatic heterocycles. The lowest BCUT2D eigenvalue weighted by Crippen LogP contribution is -2.32. The van der Waals surface area contributed by atoms with Crippen molar-refractivity contribution in [1.29, 1.82) is 0 Å². The maximum Gasteiger partial charge on any atom is 0.231 e. The van der Waals surface area contributed by atoms with Gasteiger partial charge < -0.3 is 9.47 Å². The lowest BCUT2D eigenvalue weighted by atomic mass is 9.98. The van der Waals surface area contributed by atoms with E-state index in [9.17, 15) is 0 Å². The van der Waals surface area contributed by atoms with Crippen LogP contribution < -0.4 is 0 Å². The van der Waals surface area contributed by atoms with Crippen molar-refractivity contribution in [2.24, 2.45) is 5.92 Å². The minimum Gasteiger partial charge on any atom is -0.347 e. The molecule has 4 rings (SSSR count). The van der Waals surface area contributed by atoms with Crippen LogP contribution in [-0.2, 0) is 28.2 Å². The van der Waals surface area contributed by atoms with E-state index in [2.05, 4.69) is 71.7 Å². The Balaban J connectivity index is 1.62. The molecule has 1 N–H and O–H groups in total. The average Bonchev–Trinajstić information content (AvgIpc) is 3.60. The van der Waals surface area contributed by atoms with Gasteiger partial charge >= 0.3 is 0 Å². The fourth-order valence-electron chi connectivity index (χ4n) is 4.42. The van der Waals surface area contributed by atoms with Gasteiger partial charge in [-0.1, -0.05) is 75.7 Å². The fourth-order valence-corrected chi connectivity index (χ4v) is 4.42. The van der Waals surface area contributed by atoms with Gasteiger partial charge in [-0.25, -0.2) is 14.8 Å². The SMILES string of the molecule is CCCCC(OC)(OC)c1nc(Cc2ccc(-c3ccccc3-c3nnn[nH]3)cc2)n(CCC(C)C)n1. The van der Waals surface area contributed by atoms with E-state index in [1.165, 1.54) is 0 Å². The zero-order valence-electron chi connectivity index (χ0n) is 22.4. The van der Waals surface area contributed by atoms with Gasteiger partial charge in [0.25, 0.3) is 0 Å². The number of nitrogens with zero attached hydrogens (tertiary/aromatic N) is 6. The molecule has 0 bridgehead atoms.